The molecular formula is C22H24Br2O2Si. The van der Waals surface area contributed by atoms with Gasteiger partial charge in [0.15, 0.2) is 0 Å². The predicted octanol–water partition coefficient (Wildman–Crippen LogP) is 6.02. The molecule has 0 radical (unpaired) electrons. The molecule has 3 rings (SSSR count). The number of hydrogen-bond acceptors (Lipinski definition) is 2. The van der Waals surface area contributed by atoms with Gasteiger partial charge in [-0.25, -0.2) is 0 Å². The van der Waals surface area contributed by atoms with Crippen LogP contribution in [0.5, 0.6) is 0 Å². The molecule has 0 amide bonds. The lowest BCUT2D eigenvalue weighted by Gasteiger charge is -2.23. The van der Waals surface area contributed by atoms with Crippen LogP contribution in [-0.2, 0) is 17.6 Å². The quantitative estimate of drug-likeness (QED) is 0.428. The fraction of sp³-hybridized carbons (Fsp3) is 0.182. The molecule has 27 heavy (non-hydrogen) atoms. The fourth-order valence-electron chi connectivity index (χ4n) is 2.36. The molecule has 0 heterocycles. The third kappa shape index (κ3) is 7.72. The van der Waals surface area contributed by atoms with Crippen LogP contribution in [0.1, 0.15) is 11.1 Å². The van der Waals surface area contributed by atoms with Crippen LogP contribution in [0.25, 0.3) is 0 Å². The van der Waals surface area contributed by atoms with Crippen molar-refractivity contribution in [2.45, 2.75) is 26.3 Å². The highest BCUT2D eigenvalue weighted by Crippen LogP contribution is 2.14. The molecule has 3 aromatic carbocycles. The van der Waals surface area contributed by atoms with Crippen LogP contribution < -0.4 is 5.19 Å². The molecule has 0 atom stereocenters. The number of rotatable bonds is 5. The van der Waals surface area contributed by atoms with Crippen molar-refractivity contribution in [3.05, 3.63) is 98.9 Å². The molecule has 142 valence electrons. The second-order valence-electron chi connectivity index (χ2n) is 6.58. The third-order valence-electron chi connectivity index (χ3n) is 4.08. The van der Waals surface area contributed by atoms with Crippen molar-refractivity contribution in [2.75, 3.05) is 0 Å². The Morgan fingerprint density at radius 2 is 1.22 bits per heavy atom. The fourth-order valence-corrected chi connectivity index (χ4v) is 4.58. The van der Waals surface area contributed by atoms with Gasteiger partial charge in [0.25, 0.3) is 0 Å². The summed E-state index contributed by atoms with van der Waals surface area (Å²) in [6, 6.07) is 26.4. The largest absolute Gasteiger partial charge is 0.409 e. The van der Waals surface area contributed by atoms with Gasteiger partial charge in [0.05, 0.1) is 13.2 Å². The van der Waals surface area contributed by atoms with Crippen molar-refractivity contribution in [3.63, 3.8) is 0 Å². The smallest absolute Gasteiger partial charge is 0.218 e. The van der Waals surface area contributed by atoms with Crippen molar-refractivity contribution in [1.82, 2.24) is 0 Å². The van der Waals surface area contributed by atoms with Crippen molar-refractivity contribution >= 4 is 45.4 Å². The van der Waals surface area contributed by atoms with E-state index in [4.69, 9.17) is 9.53 Å². The van der Waals surface area contributed by atoms with E-state index in [0.717, 1.165) is 14.5 Å². The first-order valence-corrected chi connectivity index (χ1v) is 13.2. The van der Waals surface area contributed by atoms with Crippen LogP contribution in [0, 0.1) is 0 Å². The summed E-state index contributed by atoms with van der Waals surface area (Å²) in [6.45, 7) is 5.27. The van der Waals surface area contributed by atoms with Crippen molar-refractivity contribution in [2.24, 2.45) is 0 Å². The highest BCUT2D eigenvalue weighted by Gasteiger charge is 2.24. The Bertz CT molecular complexity index is 804. The summed E-state index contributed by atoms with van der Waals surface area (Å²) in [4.78, 5) is 0. The van der Waals surface area contributed by atoms with Gasteiger partial charge in [0, 0.05) is 8.95 Å². The first-order valence-electron chi connectivity index (χ1n) is 8.70. The van der Waals surface area contributed by atoms with E-state index in [2.05, 4.69) is 93.5 Å². The average molecular weight is 508 g/mol. The summed E-state index contributed by atoms with van der Waals surface area (Å²) >= 11 is 6.73. The van der Waals surface area contributed by atoms with Crippen molar-refractivity contribution in [3.8, 4) is 0 Å². The zero-order chi connectivity index (χ0) is 19.7. The SMILES string of the molecule is C[Si](C)(OCc1ccc(Br)cc1)c1ccccc1.OCc1ccc(Br)cc1. The van der Waals surface area contributed by atoms with E-state index in [-0.39, 0.29) is 6.61 Å². The Hall–Kier alpha value is -1.24. The van der Waals surface area contributed by atoms with Gasteiger partial charge < -0.3 is 9.53 Å². The van der Waals surface area contributed by atoms with Gasteiger partial charge in [-0.1, -0.05) is 86.5 Å². The van der Waals surface area contributed by atoms with Crippen LogP contribution >= 0.6 is 31.9 Å². The lowest BCUT2D eigenvalue weighted by Crippen LogP contribution is -2.44. The average Bonchev–Trinajstić information content (AvgIpc) is 2.69. The monoisotopic (exact) mass is 506 g/mol. The van der Waals surface area contributed by atoms with Gasteiger partial charge >= 0.3 is 0 Å². The van der Waals surface area contributed by atoms with Crippen LogP contribution in [0.3, 0.4) is 0 Å². The van der Waals surface area contributed by atoms with Gasteiger partial charge in [0.1, 0.15) is 0 Å². The van der Waals surface area contributed by atoms with Gasteiger partial charge in [-0.2, -0.15) is 0 Å². The summed E-state index contributed by atoms with van der Waals surface area (Å²) in [5.41, 5.74) is 2.16. The lowest BCUT2D eigenvalue weighted by molar-refractivity contribution is 0.282. The molecular weight excluding hydrogens is 484 g/mol. The molecule has 0 saturated heterocycles. The highest BCUT2D eigenvalue weighted by molar-refractivity contribution is 9.10. The second-order valence-corrected chi connectivity index (χ2v) is 12.3. The number of benzene rings is 3. The normalized spacial score (nSPS) is 10.9. The number of aliphatic hydroxyl groups is 1. The van der Waals surface area contributed by atoms with E-state index in [9.17, 15) is 0 Å². The molecule has 0 saturated carbocycles. The van der Waals surface area contributed by atoms with Gasteiger partial charge in [-0.05, 0) is 53.7 Å². The molecule has 1 N–H and O–H groups in total. The van der Waals surface area contributed by atoms with Crippen molar-refractivity contribution < 1.29 is 9.53 Å². The Balaban J connectivity index is 0.000000244. The Morgan fingerprint density at radius 1 is 0.741 bits per heavy atom. The standard InChI is InChI=1S/C15H17BrOSi.C7H7BrO/c1-18(2,15-6-4-3-5-7-15)17-12-13-8-10-14(16)11-9-13;8-7-3-1-6(5-9)2-4-7/h3-11H,12H2,1-2H3;1-4,9H,5H2. The molecule has 2 nitrogen and oxygen atoms in total. The van der Waals surface area contributed by atoms with E-state index < -0.39 is 8.32 Å². The van der Waals surface area contributed by atoms with Gasteiger partial charge in [-0.3, -0.25) is 0 Å². The Labute approximate surface area is 179 Å². The Morgan fingerprint density at radius 3 is 1.70 bits per heavy atom. The lowest BCUT2D eigenvalue weighted by atomic mass is 10.2. The first-order chi connectivity index (χ1) is 12.9. The predicted molar refractivity (Wildman–Crippen MR) is 123 cm³/mol. The maximum Gasteiger partial charge on any atom is 0.218 e. The van der Waals surface area contributed by atoms with E-state index >= 15 is 0 Å². The number of aliphatic hydroxyl groups excluding tert-OH is 1. The molecule has 0 aromatic heterocycles. The minimum Gasteiger partial charge on any atom is -0.409 e. The summed E-state index contributed by atoms with van der Waals surface area (Å²) in [5.74, 6) is 0. The van der Waals surface area contributed by atoms with E-state index in [1.54, 1.807) is 0 Å². The van der Waals surface area contributed by atoms with Gasteiger partial charge in [-0.15, -0.1) is 0 Å². The molecule has 0 bridgehead atoms. The zero-order valence-corrected chi connectivity index (χ0v) is 19.7. The number of hydrogen-bond donors (Lipinski definition) is 1. The van der Waals surface area contributed by atoms with Crippen LogP contribution in [0.2, 0.25) is 13.1 Å². The topological polar surface area (TPSA) is 29.5 Å². The summed E-state index contributed by atoms with van der Waals surface area (Å²) in [7, 11) is -1.79. The van der Waals surface area contributed by atoms with E-state index in [1.807, 2.05) is 30.3 Å². The molecule has 0 unspecified atom stereocenters. The maximum atomic E-state index is 8.61. The zero-order valence-electron chi connectivity index (χ0n) is 15.5. The van der Waals surface area contributed by atoms with Crippen LogP contribution in [0.4, 0.5) is 0 Å². The summed E-state index contributed by atoms with van der Waals surface area (Å²) in [6.07, 6.45) is 0. The Kier molecular flexibility index (Phi) is 8.92. The highest BCUT2D eigenvalue weighted by atomic mass is 79.9. The second kappa shape index (κ2) is 10.9. The van der Waals surface area contributed by atoms with Crippen LogP contribution in [-0.4, -0.2) is 13.4 Å². The molecule has 0 aliphatic rings. The first kappa shape index (κ1) is 22.1. The maximum absolute atomic E-state index is 8.61. The summed E-state index contributed by atoms with van der Waals surface area (Å²) < 4.78 is 8.31. The third-order valence-corrected chi connectivity index (χ3v) is 7.72. The van der Waals surface area contributed by atoms with Gasteiger partial charge in [0.2, 0.25) is 8.32 Å². The summed E-state index contributed by atoms with van der Waals surface area (Å²) in [5, 5.41) is 9.95. The molecule has 0 spiro atoms. The molecule has 0 aliphatic carbocycles. The minimum atomic E-state index is -1.79. The number of halogens is 2. The van der Waals surface area contributed by atoms with Crippen molar-refractivity contribution in [1.29, 1.82) is 0 Å². The van der Waals surface area contributed by atoms with E-state index in [1.165, 1.54) is 10.8 Å². The molecule has 5 heteroatoms. The minimum absolute atomic E-state index is 0.118. The van der Waals surface area contributed by atoms with Crippen LogP contribution in [0.15, 0.2) is 87.8 Å². The van der Waals surface area contributed by atoms with E-state index in [0.29, 0.717) is 6.61 Å². The molecule has 3 aromatic rings. The molecule has 0 fully saturated rings. The molecule has 0 aliphatic heterocycles.